The van der Waals surface area contributed by atoms with Crippen molar-refractivity contribution in [3.63, 3.8) is 0 Å². The van der Waals surface area contributed by atoms with Gasteiger partial charge < -0.3 is 15.0 Å². The number of carbonyl (C=O) groups is 2. The van der Waals surface area contributed by atoms with Crippen LogP contribution in [-0.2, 0) is 16.1 Å². The quantitative estimate of drug-likeness (QED) is 0.697. The second-order valence-corrected chi connectivity index (χ2v) is 6.93. The van der Waals surface area contributed by atoms with Gasteiger partial charge in [0.25, 0.3) is 0 Å². The molecule has 0 bridgehead atoms. The third kappa shape index (κ3) is 4.60. The van der Waals surface area contributed by atoms with E-state index in [-0.39, 0.29) is 18.2 Å². The van der Waals surface area contributed by atoms with Gasteiger partial charge in [0.1, 0.15) is 5.75 Å². The third-order valence-corrected chi connectivity index (χ3v) is 4.82. The van der Waals surface area contributed by atoms with Crippen LogP contribution < -0.4 is 10.1 Å². The van der Waals surface area contributed by atoms with Gasteiger partial charge in [0, 0.05) is 31.9 Å². The Labute approximate surface area is 169 Å². The molecule has 6 nitrogen and oxygen atoms in total. The lowest BCUT2D eigenvalue weighted by molar-refractivity contribution is -0.128. The van der Waals surface area contributed by atoms with Crippen LogP contribution >= 0.6 is 0 Å². The highest BCUT2D eigenvalue weighted by atomic mass is 16.5. The fourth-order valence-corrected chi connectivity index (χ4v) is 3.32. The van der Waals surface area contributed by atoms with E-state index in [1.54, 1.807) is 29.4 Å². The lowest BCUT2D eigenvalue weighted by atomic mass is 10.1. The van der Waals surface area contributed by atoms with Gasteiger partial charge in [0.15, 0.2) is 5.75 Å². The molecule has 146 valence electrons. The number of anilines is 1. The van der Waals surface area contributed by atoms with E-state index in [1.807, 2.05) is 54.6 Å². The zero-order chi connectivity index (χ0) is 20.1. The minimum absolute atomic E-state index is 0.0178. The molecule has 0 radical (unpaired) electrons. The summed E-state index contributed by atoms with van der Waals surface area (Å²) < 4.78 is 5.90. The van der Waals surface area contributed by atoms with E-state index >= 15 is 0 Å². The first-order chi connectivity index (χ1) is 14.2. The van der Waals surface area contributed by atoms with Crippen molar-refractivity contribution in [3.05, 3.63) is 84.7 Å². The van der Waals surface area contributed by atoms with Crippen molar-refractivity contribution >= 4 is 17.5 Å². The number of para-hydroxylation sites is 3. The summed E-state index contributed by atoms with van der Waals surface area (Å²) >= 11 is 0. The first-order valence-electron chi connectivity index (χ1n) is 9.48. The molecular formula is C23H21N3O3. The number of rotatable bonds is 6. The molecule has 2 amide bonds. The van der Waals surface area contributed by atoms with Gasteiger partial charge in [-0.2, -0.15) is 0 Å². The van der Waals surface area contributed by atoms with Gasteiger partial charge in [0.05, 0.1) is 11.6 Å². The lowest BCUT2D eigenvalue weighted by Gasteiger charge is -2.17. The Morgan fingerprint density at radius 3 is 2.55 bits per heavy atom. The van der Waals surface area contributed by atoms with Crippen LogP contribution in [0.4, 0.5) is 5.69 Å². The minimum Gasteiger partial charge on any atom is -0.455 e. The maximum absolute atomic E-state index is 12.8. The molecule has 4 rings (SSSR count). The molecule has 2 aromatic carbocycles. The van der Waals surface area contributed by atoms with Crippen LogP contribution in [0, 0.1) is 5.92 Å². The van der Waals surface area contributed by atoms with Gasteiger partial charge in [-0.1, -0.05) is 30.3 Å². The van der Waals surface area contributed by atoms with E-state index in [4.69, 9.17) is 4.74 Å². The maximum Gasteiger partial charge on any atom is 0.229 e. The molecule has 29 heavy (non-hydrogen) atoms. The molecule has 1 fully saturated rings. The van der Waals surface area contributed by atoms with Crippen molar-refractivity contribution in [3.8, 4) is 11.5 Å². The number of hydrogen-bond donors (Lipinski definition) is 1. The van der Waals surface area contributed by atoms with Crippen LogP contribution in [0.3, 0.4) is 0 Å². The Bertz CT molecular complexity index is 993. The van der Waals surface area contributed by atoms with Crippen LogP contribution in [0.2, 0.25) is 0 Å². The molecule has 1 atom stereocenters. The van der Waals surface area contributed by atoms with Gasteiger partial charge in [-0.25, -0.2) is 0 Å². The highest BCUT2D eigenvalue weighted by Gasteiger charge is 2.34. The van der Waals surface area contributed by atoms with E-state index in [9.17, 15) is 9.59 Å². The van der Waals surface area contributed by atoms with Gasteiger partial charge in [-0.05, 0) is 42.0 Å². The molecule has 0 spiro atoms. The summed E-state index contributed by atoms with van der Waals surface area (Å²) in [6.07, 6.45) is 3.60. The summed E-state index contributed by atoms with van der Waals surface area (Å²) in [5, 5.41) is 2.92. The second-order valence-electron chi connectivity index (χ2n) is 6.93. The van der Waals surface area contributed by atoms with Crippen LogP contribution in [0.5, 0.6) is 11.5 Å². The smallest absolute Gasteiger partial charge is 0.229 e. The molecule has 1 aromatic heterocycles. The van der Waals surface area contributed by atoms with Gasteiger partial charge in [-0.3, -0.25) is 14.6 Å². The van der Waals surface area contributed by atoms with Crippen LogP contribution in [0.15, 0.2) is 79.1 Å². The zero-order valence-corrected chi connectivity index (χ0v) is 15.8. The number of likely N-dealkylation sites (tertiary alicyclic amines) is 1. The molecule has 6 heteroatoms. The monoisotopic (exact) mass is 387 g/mol. The number of pyridine rings is 1. The normalized spacial score (nSPS) is 15.9. The number of amides is 2. The minimum atomic E-state index is -0.394. The predicted molar refractivity (Wildman–Crippen MR) is 109 cm³/mol. The van der Waals surface area contributed by atoms with Crippen molar-refractivity contribution in [1.82, 2.24) is 9.88 Å². The Morgan fingerprint density at radius 2 is 1.76 bits per heavy atom. The average molecular weight is 387 g/mol. The number of nitrogens with one attached hydrogen (secondary N) is 1. The van der Waals surface area contributed by atoms with Gasteiger partial charge in [0.2, 0.25) is 11.8 Å². The summed E-state index contributed by atoms with van der Waals surface area (Å²) in [4.78, 5) is 30.9. The first-order valence-corrected chi connectivity index (χ1v) is 9.48. The van der Waals surface area contributed by atoms with E-state index in [1.165, 1.54) is 0 Å². The SMILES string of the molecule is O=C(Nc1ccccc1Oc1ccccc1)C1CC(=O)N(Cc2ccncc2)C1. The van der Waals surface area contributed by atoms with Crippen LogP contribution in [0.25, 0.3) is 0 Å². The molecule has 1 aliphatic heterocycles. The van der Waals surface area contributed by atoms with Gasteiger partial charge >= 0.3 is 0 Å². The van der Waals surface area contributed by atoms with Crippen LogP contribution in [-0.4, -0.2) is 28.2 Å². The molecular weight excluding hydrogens is 366 g/mol. The highest BCUT2D eigenvalue weighted by molar-refractivity contribution is 5.98. The molecule has 1 saturated heterocycles. The van der Waals surface area contributed by atoms with Crippen molar-refractivity contribution < 1.29 is 14.3 Å². The van der Waals surface area contributed by atoms with Crippen molar-refractivity contribution in [2.24, 2.45) is 5.92 Å². The lowest BCUT2D eigenvalue weighted by Crippen LogP contribution is -2.28. The third-order valence-electron chi connectivity index (χ3n) is 4.82. The molecule has 1 N–H and O–H groups in total. The number of carbonyl (C=O) groups excluding carboxylic acids is 2. The number of ether oxygens (including phenoxy) is 1. The molecule has 1 aliphatic rings. The maximum atomic E-state index is 12.8. The summed E-state index contributed by atoms with van der Waals surface area (Å²) in [6, 6.07) is 20.4. The Hall–Kier alpha value is -3.67. The fraction of sp³-hybridized carbons (Fsp3) is 0.174. The molecule has 0 saturated carbocycles. The molecule has 1 unspecified atom stereocenters. The second kappa shape index (κ2) is 8.56. The number of benzene rings is 2. The standard InChI is InChI=1S/C23H21N3O3/c27-22-14-18(16-26(22)15-17-10-12-24-13-11-17)23(28)25-20-8-4-5-9-21(20)29-19-6-2-1-3-7-19/h1-13,18H,14-16H2,(H,25,28). The summed E-state index contributed by atoms with van der Waals surface area (Å²) in [6.45, 7) is 0.882. The Morgan fingerprint density at radius 1 is 1.03 bits per heavy atom. The molecule has 3 aromatic rings. The average Bonchev–Trinajstić information content (AvgIpc) is 3.11. The van der Waals surface area contributed by atoms with E-state index in [2.05, 4.69) is 10.3 Å². The predicted octanol–water partition coefficient (Wildman–Crippen LogP) is 3.86. The van der Waals surface area contributed by atoms with E-state index in [0.29, 0.717) is 30.3 Å². The zero-order valence-electron chi connectivity index (χ0n) is 15.8. The Balaban J connectivity index is 1.42. The summed E-state index contributed by atoms with van der Waals surface area (Å²) in [7, 11) is 0. The van der Waals surface area contributed by atoms with E-state index < -0.39 is 5.92 Å². The first kappa shape index (κ1) is 18.7. The number of nitrogens with zero attached hydrogens (tertiary/aromatic N) is 2. The summed E-state index contributed by atoms with van der Waals surface area (Å²) in [5.74, 6) is 0.656. The summed E-state index contributed by atoms with van der Waals surface area (Å²) in [5.41, 5.74) is 1.58. The molecule has 0 aliphatic carbocycles. The largest absolute Gasteiger partial charge is 0.455 e. The van der Waals surface area contributed by atoms with Crippen molar-refractivity contribution in [2.45, 2.75) is 13.0 Å². The van der Waals surface area contributed by atoms with Crippen molar-refractivity contribution in [2.75, 3.05) is 11.9 Å². The topological polar surface area (TPSA) is 71.5 Å². The highest BCUT2D eigenvalue weighted by Crippen LogP contribution is 2.30. The fourth-order valence-electron chi connectivity index (χ4n) is 3.32. The van der Waals surface area contributed by atoms with Crippen LogP contribution in [0.1, 0.15) is 12.0 Å². The number of aromatic nitrogens is 1. The number of hydrogen-bond acceptors (Lipinski definition) is 4. The van der Waals surface area contributed by atoms with E-state index in [0.717, 1.165) is 5.56 Å². The van der Waals surface area contributed by atoms with Gasteiger partial charge in [-0.15, -0.1) is 0 Å². The molecule has 2 heterocycles. The Kier molecular flexibility index (Phi) is 5.52. The van der Waals surface area contributed by atoms with Crippen molar-refractivity contribution in [1.29, 1.82) is 0 Å².